The topological polar surface area (TPSA) is 28.2 Å². The fourth-order valence-electron chi connectivity index (χ4n) is 3.19. The zero-order chi connectivity index (χ0) is 11.1. The highest BCUT2D eigenvalue weighted by Gasteiger charge is 2.41. The Bertz CT molecular complexity index is 362. The Balaban J connectivity index is 1.83. The van der Waals surface area contributed by atoms with Crippen molar-refractivity contribution in [2.75, 3.05) is 11.9 Å². The third-order valence-electron chi connectivity index (χ3n) is 3.97. The molecule has 4 heteroatoms. The molecule has 0 amide bonds. The average molecular weight is 237 g/mol. The van der Waals surface area contributed by atoms with Crippen LogP contribution >= 0.6 is 11.3 Å². The van der Waals surface area contributed by atoms with Crippen LogP contribution < -0.4 is 10.2 Å². The van der Waals surface area contributed by atoms with E-state index in [-0.39, 0.29) is 0 Å². The highest BCUT2D eigenvalue weighted by Crippen LogP contribution is 2.40. The molecule has 1 aromatic rings. The van der Waals surface area contributed by atoms with Crippen LogP contribution in [0.3, 0.4) is 0 Å². The summed E-state index contributed by atoms with van der Waals surface area (Å²) in [5.41, 5.74) is 1.16. The van der Waals surface area contributed by atoms with E-state index in [1.807, 2.05) is 0 Å². The second-order valence-electron chi connectivity index (χ2n) is 5.02. The van der Waals surface area contributed by atoms with Crippen LogP contribution in [0.25, 0.3) is 0 Å². The molecule has 0 aromatic carbocycles. The molecule has 16 heavy (non-hydrogen) atoms. The molecular weight excluding hydrogens is 218 g/mol. The smallest absolute Gasteiger partial charge is 0.185 e. The van der Waals surface area contributed by atoms with Crippen molar-refractivity contribution in [2.45, 2.75) is 50.7 Å². The second-order valence-corrected chi connectivity index (χ2v) is 5.86. The first kappa shape index (κ1) is 10.5. The van der Waals surface area contributed by atoms with Crippen molar-refractivity contribution in [3.05, 3.63) is 11.1 Å². The van der Waals surface area contributed by atoms with Crippen LogP contribution in [-0.4, -0.2) is 30.2 Å². The zero-order valence-corrected chi connectivity index (χ0v) is 10.8. The van der Waals surface area contributed by atoms with Crippen molar-refractivity contribution in [2.24, 2.45) is 0 Å². The maximum absolute atomic E-state index is 4.65. The Morgan fingerprint density at radius 2 is 2.06 bits per heavy atom. The van der Waals surface area contributed by atoms with E-state index in [0.717, 1.165) is 23.8 Å². The summed E-state index contributed by atoms with van der Waals surface area (Å²) in [4.78, 5) is 7.24. The van der Waals surface area contributed by atoms with E-state index in [4.69, 9.17) is 0 Å². The normalized spacial score (nSPS) is 33.4. The van der Waals surface area contributed by atoms with Gasteiger partial charge in [-0.3, -0.25) is 0 Å². The van der Waals surface area contributed by atoms with Gasteiger partial charge in [0.2, 0.25) is 0 Å². The summed E-state index contributed by atoms with van der Waals surface area (Å²) < 4.78 is 0. The minimum Gasteiger partial charge on any atom is -0.342 e. The number of fused-ring (bicyclic) bond motifs is 2. The number of thiazole rings is 1. The summed E-state index contributed by atoms with van der Waals surface area (Å²) in [5.74, 6) is 0. The van der Waals surface area contributed by atoms with Crippen LogP contribution in [0.1, 0.15) is 31.4 Å². The number of nitrogens with zero attached hydrogens (tertiary/aromatic N) is 2. The molecule has 2 saturated heterocycles. The number of anilines is 1. The molecule has 2 fully saturated rings. The Morgan fingerprint density at radius 3 is 2.56 bits per heavy atom. The van der Waals surface area contributed by atoms with Gasteiger partial charge in [0.1, 0.15) is 0 Å². The van der Waals surface area contributed by atoms with Crippen LogP contribution in [0.2, 0.25) is 0 Å². The van der Waals surface area contributed by atoms with Crippen molar-refractivity contribution in [1.82, 2.24) is 10.3 Å². The Morgan fingerprint density at radius 1 is 1.38 bits per heavy atom. The van der Waals surface area contributed by atoms with Gasteiger partial charge in [0.15, 0.2) is 5.13 Å². The third-order valence-corrected chi connectivity index (χ3v) is 4.94. The predicted molar refractivity (Wildman–Crippen MR) is 68.2 cm³/mol. The summed E-state index contributed by atoms with van der Waals surface area (Å²) in [6.07, 6.45) is 5.26. The largest absolute Gasteiger partial charge is 0.342 e. The molecule has 3 nitrogen and oxygen atoms in total. The molecule has 1 N–H and O–H groups in total. The van der Waals surface area contributed by atoms with Gasteiger partial charge < -0.3 is 10.2 Å². The Labute approximate surface area is 101 Å². The van der Waals surface area contributed by atoms with Gasteiger partial charge in [0, 0.05) is 23.5 Å². The maximum atomic E-state index is 4.65. The van der Waals surface area contributed by atoms with Gasteiger partial charge in [0.05, 0.1) is 5.69 Å². The number of nitrogens with one attached hydrogen (secondary N) is 1. The standard InChI is InChI=1S/C12H19N3S/c1-8-7-16-12(14-8)15-10-3-4-11(15)6-9(5-10)13-2/h7,9-11,13H,3-6H2,1-2H3. The summed E-state index contributed by atoms with van der Waals surface area (Å²) >= 11 is 1.81. The molecule has 3 rings (SSSR count). The molecule has 2 unspecified atom stereocenters. The van der Waals surface area contributed by atoms with Crippen LogP contribution in [0, 0.1) is 6.92 Å². The van der Waals surface area contributed by atoms with Crippen molar-refractivity contribution in [3.63, 3.8) is 0 Å². The fraction of sp³-hybridized carbons (Fsp3) is 0.750. The van der Waals surface area contributed by atoms with Crippen LogP contribution in [0.5, 0.6) is 0 Å². The van der Waals surface area contributed by atoms with E-state index < -0.39 is 0 Å². The SMILES string of the molecule is CNC1CC2CCC(C1)N2c1nc(C)cs1. The Hall–Kier alpha value is -0.610. The van der Waals surface area contributed by atoms with Gasteiger partial charge >= 0.3 is 0 Å². The molecule has 0 aliphatic carbocycles. The number of hydrogen-bond donors (Lipinski definition) is 1. The van der Waals surface area contributed by atoms with E-state index in [0.29, 0.717) is 0 Å². The van der Waals surface area contributed by atoms with E-state index in [9.17, 15) is 0 Å². The number of aromatic nitrogens is 1. The quantitative estimate of drug-likeness (QED) is 0.854. The minimum absolute atomic E-state index is 0.717. The zero-order valence-electron chi connectivity index (χ0n) is 9.94. The molecule has 2 aliphatic heterocycles. The number of hydrogen-bond acceptors (Lipinski definition) is 4. The van der Waals surface area contributed by atoms with Crippen molar-refractivity contribution < 1.29 is 0 Å². The molecular formula is C12H19N3S. The first-order valence-electron chi connectivity index (χ1n) is 6.15. The van der Waals surface area contributed by atoms with Gasteiger partial charge in [-0.15, -0.1) is 11.3 Å². The predicted octanol–water partition coefficient (Wildman–Crippen LogP) is 2.17. The van der Waals surface area contributed by atoms with Crippen molar-refractivity contribution in [1.29, 1.82) is 0 Å². The van der Waals surface area contributed by atoms with Crippen LogP contribution in [0.4, 0.5) is 5.13 Å². The fourth-order valence-corrected chi connectivity index (χ4v) is 4.13. The number of aryl methyl sites for hydroxylation is 1. The molecule has 3 heterocycles. The van der Waals surface area contributed by atoms with Crippen molar-refractivity contribution in [3.8, 4) is 0 Å². The molecule has 88 valence electrons. The average Bonchev–Trinajstić information content (AvgIpc) is 2.80. The lowest BCUT2D eigenvalue weighted by molar-refractivity contribution is 0.373. The highest BCUT2D eigenvalue weighted by atomic mass is 32.1. The number of piperidine rings is 1. The molecule has 2 atom stereocenters. The summed E-state index contributed by atoms with van der Waals surface area (Å²) in [7, 11) is 2.09. The molecule has 2 aliphatic rings. The number of rotatable bonds is 2. The van der Waals surface area contributed by atoms with Crippen LogP contribution in [-0.2, 0) is 0 Å². The second kappa shape index (κ2) is 4.00. The monoisotopic (exact) mass is 237 g/mol. The first-order chi connectivity index (χ1) is 7.78. The lowest BCUT2D eigenvalue weighted by atomic mass is 9.98. The van der Waals surface area contributed by atoms with E-state index in [2.05, 4.69) is 34.6 Å². The summed E-state index contributed by atoms with van der Waals surface area (Å²) in [6.45, 7) is 2.09. The minimum atomic E-state index is 0.717. The van der Waals surface area contributed by atoms with E-state index in [1.165, 1.54) is 30.8 Å². The maximum Gasteiger partial charge on any atom is 0.185 e. The van der Waals surface area contributed by atoms with Crippen molar-refractivity contribution >= 4 is 16.5 Å². The molecule has 0 spiro atoms. The van der Waals surface area contributed by atoms with Gasteiger partial charge in [-0.25, -0.2) is 4.98 Å². The highest BCUT2D eigenvalue weighted by molar-refractivity contribution is 7.13. The lowest BCUT2D eigenvalue weighted by Crippen LogP contribution is -2.48. The van der Waals surface area contributed by atoms with Crippen LogP contribution in [0.15, 0.2) is 5.38 Å². The van der Waals surface area contributed by atoms with Gasteiger partial charge in [-0.1, -0.05) is 0 Å². The Kier molecular flexibility index (Phi) is 2.64. The van der Waals surface area contributed by atoms with Gasteiger partial charge in [-0.05, 0) is 39.7 Å². The molecule has 1 aromatic heterocycles. The summed E-state index contributed by atoms with van der Waals surface area (Å²) in [6, 6.07) is 2.17. The van der Waals surface area contributed by atoms with Gasteiger partial charge in [0.25, 0.3) is 0 Å². The van der Waals surface area contributed by atoms with E-state index >= 15 is 0 Å². The third kappa shape index (κ3) is 1.64. The molecule has 2 bridgehead atoms. The summed E-state index contributed by atoms with van der Waals surface area (Å²) in [5, 5.41) is 6.85. The lowest BCUT2D eigenvalue weighted by Gasteiger charge is -2.38. The van der Waals surface area contributed by atoms with Gasteiger partial charge in [-0.2, -0.15) is 0 Å². The molecule has 0 saturated carbocycles. The van der Waals surface area contributed by atoms with E-state index in [1.54, 1.807) is 11.3 Å². The molecule has 0 radical (unpaired) electrons. The first-order valence-corrected chi connectivity index (χ1v) is 7.03.